The minimum absolute atomic E-state index is 0.0841. The van der Waals surface area contributed by atoms with E-state index in [1.807, 2.05) is 0 Å². The second kappa shape index (κ2) is 5.71. The van der Waals surface area contributed by atoms with Gasteiger partial charge in [-0.25, -0.2) is 0 Å². The third-order valence-electron chi connectivity index (χ3n) is 3.28. The first-order valence-corrected chi connectivity index (χ1v) is 5.98. The Kier molecular flexibility index (Phi) is 4.19. The maximum atomic E-state index is 10.7. The number of nitrogens with zero attached hydrogens (tertiary/aromatic N) is 1. The van der Waals surface area contributed by atoms with E-state index in [1.54, 1.807) is 0 Å². The molecule has 8 nitrogen and oxygen atoms in total. The molecule has 0 radical (unpaired) electrons. The predicted octanol–water partition coefficient (Wildman–Crippen LogP) is -0.0548. The quantitative estimate of drug-likeness (QED) is 0.513. The van der Waals surface area contributed by atoms with Crippen LogP contribution in [0.15, 0.2) is 18.2 Å². The highest BCUT2D eigenvalue weighted by Gasteiger charge is 2.40. The summed E-state index contributed by atoms with van der Waals surface area (Å²) in [6, 6.07) is 4.18. The van der Waals surface area contributed by atoms with Gasteiger partial charge in [0.05, 0.1) is 43.5 Å². The Labute approximate surface area is 115 Å². The van der Waals surface area contributed by atoms with Crippen LogP contribution in [0, 0.1) is 10.1 Å². The van der Waals surface area contributed by atoms with Crippen molar-refractivity contribution in [1.82, 2.24) is 5.32 Å². The number of non-ortho nitro benzene ring substituents is 1. The van der Waals surface area contributed by atoms with Crippen LogP contribution < -0.4 is 10.1 Å². The summed E-state index contributed by atoms with van der Waals surface area (Å²) >= 11 is 0. The van der Waals surface area contributed by atoms with Crippen LogP contribution in [0.5, 0.6) is 5.75 Å². The molecule has 2 rings (SSSR count). The Bertz CT molecular complexity index is 503. The highest BCUT2D eigenvalue weighted by atomic mass is 16.6. The van der Waals surface area contributed by atoms with Gasteiger partial charge < -0.3 is 19.7 Å². The van der Waals surface area contributed by atoms with Crippen LogP contribution in [0.25, 0.3) is 0 Å². The van der Waals surface area contributed by atoms with E-state index in [9.17, 15) is 20.3 Å². The first kappa shape index (κ1) is 14.7. The van der Waals surface area contributed by atoms with Gasteiger partial charge in [-0.15, -0.1) is 0 Å². The molecule has 20 heavy (non-hydrogen) atoms. The molecule has 1 fully saturated rings. The zero-order valence-corrected chi connectivity index (χ0v) is 10.9. The summed E-state index contributed by atoms with van der Waals surface area (Å²) in [5, 5.41) is 32.3. The summed E-state index contributed by atoms with van der Waals surface area (Å²) in [6.45, 7) is -0.435. The maximum Gasteiger partial charge on any atom is 0.273 e. The number of nitro groups is 1. The SMILES string of the molecule is COc1cc([N+](=O)[O-])ccc1C1NC(CO)(CO)CO1. The molecule has 0 aromatic heterocycles. The van der Waals surface area contributed by atoms with Gasteiger partial charge in [-0.3, -0.25) is 15.4 Å². The standard InChI is InChI=1S/C12H16N2O6/c1-19-10-4-8(14(17)18)2-3-9(10)11-13-12(5-15,6-16)7-20-11/h2-4,11,13,15-16H,5-7H2,1H3. The van der Waals surface area contributed by atoms with Gasteiger partial charge >= 0.3 is 0 Å². The third kappa shape index (κ3) is 2.59. The fourth-order valence-corrected chi connectivity index (χ4v) is 2.03. The normalized spacial score (nSPS) is 20.9. The number of ether oxygens (including phenoxy) is 2. The number of aliphatic hydroxyl groups excluding tert-OH is 2. The Morgan fingerprint density at radius 2 is 2.25 bits per heavy atom. The van der Waals surface area contributed by atoms with Crippen molar-refractivity contribution in [2.24, 2.45) is 0 Å². The highest BCUT2D eigenvalue weighted by Crippen LogP contribution is 2.34. The second-order valence-electron chi connectivity index (χ2n) is 4.62. The number of hydrogen-bond acceptors (Lipinski definition) is 7. The smallest absolute Gasteiger partial charge is 0.273 e. The lowest BCUT2D eigenvalue weighted by molar-refractivity contribution is -0.385. The van der Waals surface area contributed by atoms with E-state index < -0.39 is 16.7 Å². The molecule has 1 aromatic rings. The lowest BCUT2D eigenvalue weighted by atomic mass is 10.0. The van der Waals surface area contributed by atoms with Crippen molar-refractivity contribution in [3.63, 3.8) is 0 Å². The molecule has 0 aliphatic carbocycles. The van der Waals surface area contributed by atoms with Crippen LogP contribution in [0.3, 0.4) is 0 Å². The van der Waals surface area contributed by atoms with Crippen LogP contribution in [0.1, 0.15) is 11.8 Å². The van der Waals surface area contributed by atoms with Gasteiger partial charge in [-0.05, 0) is 6.07 Å². The summed E-state index contributed by atoms with van der Waals surface area (Å²) in [5.74, 6) is 0.309. The van der Waals surface area contributed by atoms with E-state index in [4.69, 9.17) is 9.47 Å². The molecule has 1 aliphatic rings. The average Bonchev–Trinajstić information content (AvgIpc) is 2.91. The van der Waals surface area contributed by atoms with Crippen molar-refractivity contribution in [2.75, 3.05) is 26.9 Å². The summed E-state index contributed by atoms with van der Waals surface area (Å²) in [7, 11) is 1.41. The Balaban J connectivity index is 2.28. The molecule has 1 saturated heterocycles. The number of rotatable bonds is 5. The molecule has 0 amide bonds. The molecular formula is C12H16N2O6. The molecule has 0 spiro atoms. The van der Waals surface area contributed by atoms with Crippen LogP contribution >= 0.6 is 0 Å². The topological polar surface area (TPSA) is 114 Å². The number of aliphatic hydroxyl groups is 2. The van der Waals surface area contributed by atoms with Crippen LogP contribution in [-0.2, 0) is 4.74 Å². The average molecular weight is 284 g/mol. The van der Waals surface area contributed by atoms with Gasteiger partial charge in [0, 0.05) is 11.6 Å². The first-order chi connectivity index (χ1) is 9.55. The van der Waals surface area contributed by atoms with Crippen LogP contribution in [0.2, 0.25) is 0 Å². The summed E-state index contributed by atoms with van der Waals surface area (Å²) in [6.07, 6.45) is -0.606. The van der Waals surface area contributed by atoms with Crippen LogP contribution in [-0.4, -0.2) is 47.6 Å². The van der Waals surface area contributed by atoms with Gasteiger partial charge in [0.2, 0.25) is 0 Å². The van der Waals surface area contributed by atoms with E-state index in [0.29, 0.717) is 11.3 Å². The molecule has 8 heteroatoms. The molecular weight excluding hydrogens is 268 g/mol. The molecule has 0 saturated carbocycles. The lowest BCUT2D eigenvalue weighted by Crippen LogP contribution is -2.49. The second-order valence-corrected chi connectivity index (χ2v) is 4.62. The molecule has 1 heterocycles. The Hall–Kier alpha value is -1.74. The third-order valence-corrected chi connectivity index (χ3v) is 3.28. The van der Waals surface area contributed by atoms with E-state index in [2.05, 4.69) is 5.32 Å². The van der Waals surface area contributed by atoms with Crippen molar-refractivity contribution in [3.05, 3.63) is 33.9 Å². The Morgan fingerprint density at radius 1 is 1.55 bits per heavy atom. The van der Waals surface area contributed by atoms with Gasteiger partial charge in [-0.1, -0.05) is 0 Å². The zero-order chi connectivity index (χ0) is 14.8. The number of nitro benzene ring substituents is 1. The lowest BCUT2D eigenvalue weighted by Gasteiger charge is -2.23. The fourth-order valence-electron chi connectivity index (χ4n) is 2.03. The van der Waals surface area contributed by atoms with E-state index in [0.717, 1.165) is 0 Å². The van der Waals surface area contributed by atoms with Gasteiger partial charge in [0.25, 0.3) is 5.69 Å². The molecule has 110 valence electrons. The van der Waals surface area contributed by atoms with Crippen molar-refractivity contribution in [1.29, 1.82) is 0 Å². The molecule has 1 atom stereocenters. The number of nitrogens with one attached hydrogen (secondary N) is 1. The number of hydrogen-bond donors (Lipinski definition) is 3. The van der Waals surface area contributed by atoms with Crippen molar-refractivity contribution < 1.29 is 24.6 Å². The predicted molar refractivity (Wildman–Crippen MR) is 68.4 cm³/mol. The maximum absolute atomic E-state index is 10.7. The molecule has 1 aliphatic heterocycles. The monoisotopic (exact) mass is 284 g/mol. The molecule has 0 bridgehead atoms. The van der Waals surface area contributed by atoms with Gasteiger partial charge in [0.1, 0.15) is 12.0 Å². The van der Waals surface area contributed by atoms with Crippen molar-refractivity contribution >= 4 is 5.69 Å². The fraction of sp³-hybridized carbons (Fsp3) is 0.500. The van der Waals surface area contributed by atoms with Crippen LogP contribution in [0.4, 0.5) is 5.69 Å². The van der Waals surface area contributed by atoms with Crippen molar-refractivity contribution in [2.45, 2.75) is 11.8 Å². The minimum atomic E-state index is -0.919. The number of benzene rings is 1. The van der Waals surface area contributed by atoms with E-state index in [1.165, 1.54) is 25.3 Å². The molecule has 3 N–H and O–H groups in total. The summed E-state index contributed by atoms with van der Waals surface area (Å²) < 4.78 is 10.6. The highest BCUT2D eigenvalue weighted by molar-refractivity contribution is 5.45. The largest absolute Gasteiger partial charge is 0.496 e. The van der Waals surface area contributed by atoms with E-state index in [-0.39, 0.29) is 25.5 Å². The summed E-state index contributed by atoms with van der Waals surface area (Å²) in [5.41, 5.74) is -0.432. The van der Waals surface area contributed by atoms with E-state index >= 15 is 0 Å². The zero-order valence-electron chi connectivity index (χ0n) is 10.9. The molecule has 1 aromatic carbocycles. The first-order valence-electron chi connectivity index (χ1n) is 5.98. The van der Waals surface area contributed by atoms with Gasteiger partial charge in [0.15, 0.2) is 0 Å². The Morgan fingerprint density at radius 3 is 2.75 bits per heavy atom. The minimum Gasteiger partial charge on any atom is -0.496 e. The summed E-state index contributed by atoms with van der Waals surface area (Å²) in [4.78, 5) is 10.2. The number of methoxy groups -OCH3 is 1. The molecule has 1 unspecified atom stereocenters. The van der Waals surface area contributed by atoms with Gasteiger partial charge in [-0.2, -0.15) is 0 Å². The van der Waals surface area contributed by atoms with Crippen molar-refractivity contribution in [3.8, 4) is 5.75 Å².